The van der Waals surface area contributed by atoms with E-state index in [2.05, 4.69) is 37.7 Å². The van der Waals surface area contributed by atoms with E-state index in [4.69, 9.17) is 4.98 Å². The fourth-order valence-electron chi connectivity index (χ4n) is 2.24. The van der Waals surface area contributed by atoms with E-state index in [1.807, 2.05) is 0 Å². The minimum Gasteiger partial charge on any atom is -0.335 e. The van der Waals surface area contributed by atoms with Gasteiger partial charge >= 0.3 is 0 Å². The van der Waals surface area contributed by atoms with E-state index in [-0.39, 0.29) is 0 Å². The highest BCUT2D eigenvalue weighted by molar-refractivity contribution is 5.24. The summed E-state index contributed by atoms with van der Waals surface area (Å²) in [6.07, 6.45) is 1.11. The average molecular weight is 193 g/mol. The van der Waals surface area contributed by atoms with Gasteiger partial charge in [-0.2, -0.15) is 0 Å². The second-order valence-electron chi connectivity index (χ2n) is 4.44. The Labute approximate surface area is 85.5 Å². The topological polar surface area (TPSA) is 29.9 Å². The molecule has 0 aliphatic carbocycles. The molecule has 1 aliphatic heterocycles. The Morgan fingerprint density at radius 3 is 2.79 bits per heavy atom. The molecule has 0 saturated heterocycles. The molecule has 1 N–H and O–H groups in total. The van der Waals surface area contributed by atoms with Crippen molar-refractivity contribution in [2.45, 2.75) is 39.2 Å². The van der Waals surface area contributed by atoms with Gasteiger partial charge in [0.2, 0.25) is 0 Å². The summed E-state index contributed by atoms with van der Waals surface area (Å²) in [5, 5.41) is 3.44. The molecule has 0 saturated carbocycles. The Morgan fingerprint density at radius 2 is 2.21 bits per heavy atom. The van der Waals surface area contributed by atoms with Crippen molar-refractivity contribution in [3.63, 3.8) is 0 Å². The van der Waals surface area contributed by atoms with E-state index in [9.17, 15) is 0 Å². The van der Waals surface area contributed by atoms with Crippen LogP contribution >= 0.6 is 0 Å². The lowest BCUT2D eigenvalue weighted by Crippen LogP contribution is -2.28. The van der Waals surface area contributed by atoms with Crippen molar-refractivity contribution in [2.24, 2.45) is 7.05 Å². The van der Waals surface area contributed by atoms with Gasteiger partial charge in [-0.15, -0.1) is 0 Å². The van der Waals surface area contributed by atoms with E-state index in [1.165, 1.54) is 17.2 Å². The van der Waals surface area contributed by atoms with Crippen molar-refractivity contribution >= 4 is 0 Å². The first-order valence-corrected chi connectivity index (χ1v) is 5.40. The molecule has 0 bridgehead atoms. The maximum absolute atomic E-state index is 4.73. The standard InChI is InChI=1S/C11H19N3/c1-7(2)11-13-10-8(3)12-6-5-9(10)14(11)4/h7-8,12H,5-6H2,1-4H3. The van der Waals surface area contributed by atoms with Gasteiger partial charge < -0.3 is 9.88 Å². The zero-order valence-electron chi connectivity index (χ0n) is 9.46. The van der Waals surface area contributed by atoms with Crippen molar-refractivity contribution in [3.8, 4) is 0 Å². The minimum absolute atomic E-state index is 0.414. The number of nitrogens with one attached hydrogen (secondary N) is 1. The van der Waals surface area contributed by atoms with Crippen LogP contribution < -0.4 is 5.32 Å². The van der Waals surface area contributed by atoms with Crippen LogP contribution in [0.2, 0.25) is 0 Å². The van der Waals surface area contributed by atoms with Crippen molar-refractivity contribution in [1.82, 2.24) is 14.9 Å². The molecule has 1 unspecified atom stereocenters. The predicted molar refractivity (Wildman–Crippen MR) is 57.4 cm³/mol. The molecule has 14 heavy (non-hydrogen) atoms. The number of aromatic nitrogens is 2. The lowest BCUT2D eigenvalue weighted by atomic mass is 10.1. The van der Waals surface area contributed by atoms with Crippen LogP contribution in [0.3, 0.4) is 0 Å². The maximum atomic E-state index is 4.73. The first-order valence-electron chi connectivity index (χ1n) is 5.40. The largest absolute Gasteiger partial charge is 0.335 e. The Morgan fingerprint density at radius 1 is 1.50 bits per heavy atom. The molecule has 2 heterocycles. The van der Waals surface area contributed by atoms with Gasteiger partial charge in [-0.3, -0.25) is 0 Å². The van der Waals surface area contributed by atoms with Gasteiger partial charge in [0.25, 0.3) is 0 Å². The number of imidazole rings is 1. The Kier molecular flexibility index (Phi) is 2.35. The number of hydrogen-bond acceptors (Lipinski definition) is 2. The van der Waals surface area contributed by atoms with Crippen molar-refractivity contribution in [1.29, 1.82) is 0 Å². The number of nitrogens with zero attached hydrogens (tertiary/aromatic N) is 2. The molecule has 0 spiro atoms. The van der Waals surface area contributed by atoms with Crippen LogP contribution in [-0.4, -0.2) is 16.1 Å². The van der Waals surface area contributed by atoms with E-state index >= 15 is 0 Å². The number of hydrogen-bond donors (Lipinski definition) is 1. The second kappa shape index (κ2) is 3.39. The van der Waals surface area contributed by atoms with Crippen molar-refractivity contribution < 1.29 is 0 Å². The fraction of sp³-hybridized carbons (Fsp3) is 0.727. The lowest BCUT2D eigenvalue weighted by molar-refractivity contribution is 0.519. The first-order chi connectivity index (χ1) is 6.61. The highest BCUT2D eigenvalue weighted by Crippen LogP contribution is 2.25. The summed E-state index contributed by atoms with van der Waals surface area (Å²) in [5.41, 5.74) is 2.67. The molecule has 2 rings (SSSR count). The summed E-state index contributed by atoms with van der Waals surface area (Å²) in [4.78, 5) is 4.73. The summed E-state index contributed by atoms with van der Waals surface area (Å²) < 4.78 is 2.28. The van der Waals surface area contributed by atoms with Crippen LogP contribution in [-0.2, 0) is 13.5 Å². The normalized spacial score (nSPS) is 21.4. The molecule has 0 amide bonds. The zero-order valence-corrected chi connectivity index (χ0v) is 9.46. The smallest absolute Gasteiger partial charge is 0.111 e. The molecule has 0 fully saturated rings. The molecule has 1 atom stereocenters. The van der Waals surface area contributed by atoms with Crippen LogP contribution in [0, 0.1) is 0 Å². The molecule has 1 aromatic heterocycles. The summed E-state index contributed by atoms with van der Waals surface area (Å²) in [6.45, 7) is 7.66. The Bertz CT molecular complexity index is 339. The molecule has 1 aliphatic rings. The maximum Gasteiger partial charge on any atom is 0.111 e. The molecular formula is C11H19N3. The van der Waals surface area contributed by atoms with Crippen molar-refractivity contribution in [3.05, 3.63) is 17.2 Å². The third-order valence-electron chi connectivity index (χ3n) is 3.02. The monoisotopic (exact) mass is 193 g/mol. The highest BCUT2D eigenvalue weighted by atomic mass is 15.1. The predicted octanol–water partition coefficient (Wildman–Crippen LogP) is 1.75. The van der Waals surface area contributed by atoms with Gasteiger partial charge in [-0.05, 0) is 6.92 Å². The van der Waals surface area contributed by atoms with Gasteiger partial charge in [0.1, 0.15) is 5.82 Å². The van der Waals surface area contributed by atoms with Crippen LogP contribution in [0.15, 0.2) is 0 Å². The number of rotatable bonds is 1. The zero-order chi connectivity index (χ0) is 10.3. The van der Waals surface area contributed by atoms with Gasteiger partial charge in [-0.1, -0.05) is 13.8 Å². The summed E-state index contributed by atoms with van der Waals surface area (Å²) >= 11 is 0. The number of fused-ring (bicyclic) bond motifs is 1. The van der Waals surface area contributed by atoms with Gasteiger partial charge in [0.15, 0.2) is 0 Å². The van der Waals surface area contributed by atoms with E-state index < -0.39 is 0 Å². The average Bonchev–Trinajstić information content (AvgIpc) is 2.46. The molecule has 1 aromatic rings. The van der Waals surface area contributed by atoms with E-state index in [0.29, 0.717) is 12.0 Å². The van der Waals surface area contributed by atoms with Crippen molar-refractivity contribution in [2.75, 3.05) is 6.54 Å². The van der Waals surface area contributed by atoms with E-state index in [0.717, 1.165) is 13.0 Å². The molecule has 78 valence electrons. The molecule has 3 nitrogen and oxygen atoms in total. The Balaban J connectivity index is 2.49. The molecule has 0 aromatic carbocycles. The molecular weight excluding hydrogens is 174 g/mol. The van der Waals surface area contributed by atoms with Gasteiger partial charge in [0, 0.05) is 37.7 Å². The van der Waals surface area contributed by atoms with Gasteiger partial charge in [-0.25, -0.2) is 4.98 Å². The fourth-order valence-corrected chi connectivity index (χ4v) is 2.24. The molecule has 3 heteroatoms. The van der Waals surface area contributed by atoms with Crippen LogP contribution in [0.25, 0.3) is 0 Å². The van der Waals surface area contributed by atoms with Crippen LogP contribution in [0.1, 0.15) is 49.9 Å². The SMILES string of the molecule is CC(C)c1nc2c(n1C)CCNC2C. The third kappa shape index (κ3) is 1.36. The Hall–Kier alpha value is -0.830. The summed E-state index contributed by atoms with van der Waals surface area (Å²) in [7, 11) is 2.14. The van der Waals surface area contributed by atoms with E-state index in [1.54, 1.807) is 0 Å². The lowest BCUT2D eigenvalue weighted by Gasteiger charge is -2.19. The van der Waals surface area contributed by atoms with Crippen LogP contribution in [0.5, 0.6) is 0 Å². The summed E-state index contributed by atoms with van der Waals surface area (Å²) in [5.74, 6) is 1.73. The second-order valence-corrected chi connectivity index (χ2v) is 4.44. The van der Waals surface area contributed by atoms with Crippen LogP contribution in [0.4, 0.5) is 0 Å². The molecule has 0 radical (unpaired) electrons. The first kappa shape index (κ1) is 9.71. The van der Waals surface area contributed by atoms with Gasteiger partial charge in [0.05, 0.1) is 5.69 Å². The highest BCUT2D eigenvalue weighted by Gasteiger charge is 2.23. The quantitative estimate of drug-likeness (QED) is 0.736. The summed E-state index contributed by atoms with van der Waals surface area (Å²) in [6, 6.07) is 0.414. The minimum atomic E-state index is 0.414. The third-order valence-corrected chi connectivity index (χ3v) is 3.02.